The van der Waals surface area contributed by atoms with Crippen LogP contribution in [0.5, 0.6) is 23.0 Å². The molecule has 1 saturated heterocycles. The van der Waals surface area contributed by atoms with Gasteiger partial charge in [-0.25, -0.2) is 0 Å². The van der Waals surface area contributed by atoms with Gasteiger partial charge < -0.3 is 24.8 Å². The van der Waals surface area contributed by atoms with Crippen LogP contribution in [-0.2, 0) is 4.79 Å². The first kappa shape index (κ1) is 42.7. The Hall–Kier alpha value is -4.04. The molecule has 3 N–H and O–H groups in total. The lowest BCUT2D eigenvalue weighted by molar-refractivity contribution is -0.137. The number of carboxylic acid groups (broad SMARTS) is 1. The van der Waals surface area contributed by atoms with Crippen LogP contribution in [0.25, 0.3) is 11.1 Å². The van der Waals surface area contributed by atoms with E-state index < -0.39 is 5.97 Å². The van der Waals surface area contributed by atoms with Gasteiger partial charge in [0.15, 0.2) is 0 Å². The number of aliphatic carboxylic acids is 1. The second kappa shape index (κ2) is 23.7. The Morgan fingerprint density at radius 3 is 1.96 bits per heavy atom. The monoisotopic (exact) mass is 745 g/mol. The minimum Gasteiger partial charge on any atom is -0.508 e. The minimum atomic E-state index is -0.653. The van der Waals surface area contributed by atoms with Gasteiger partial charge in [-0.1, -0.05) is 121 Å². The highest BCUT2D eigenvalue weighted by atomic mass is 19.1. The zero-order valence-electron chi connectivity index (χ0n) is 32.7. The van der Waals surface area contributed by atoms with Crippen molar-refractivity contribution in [3.8, 4) is 23.0 Å². The standard InChI is InChI=1S/C28H28FNO4.C18H36O2/c1-18-25-14-23(32)7-10-26(25)34-28(27(18)21-3-2-4-22(31)13-21)20-5-8-24(9-6-20)33-12-11-30-16-19(15-29)17-30;1-2-3-4-5-6-7-8-9-10-11-12-13-14-15-16-17-18(19)20/h2-10,13-14,19,28,31-32H,11-12,15-17H2,1H3;2-17H2,1H3,(H,19,20)/t28-;/m0./s1. The van der Waals surface area contributed by atoms with Crippen molar-refractivity contribution in [3.63, 3.8) is 0 Å². The summed E-state index contributed by atoms with van der Waals surface area (Å²) >= 11 is 0. The second-order valence-corrected chi connectivity index (χ2v) is 15.1. The number of alkyl halides is 1. The van der Waals surface area contributed by atoms with Gasteiger partial charge in [0.2, 0.25) is 0 Å². The number of benzene rings is 3. The van der Waals surface area contributed by atoms with Crippen molar-refractivity contribution in [2.24, 2.45) is 5.92 Å². The quantitative estimate of drug-likeness (QED) is 0.0831. The summed E-state index contributed by atoms with van der Waals surface area (Å²) in [6.07, 6.45) is 19.8. The van der Waals surface area contributed by atoms with Crippen LogP contribution < -0.4 is 9.47 Å². The number of fused-ring (bicyclic) bond motifs is 1. The molecule has 2 aliphatic heterocycles. The zero-order chi connectivity index (χ0) is 38.5. The zero-order valence-corrected chi connectivity index (χ0v) is 32.7. The van der Waals surface area contributed by atoms with Crippen molar-refractivity contribution < 1.29 is 34.0 Å². The molecule has 0 aliphatic carbocycles. The fourth-order valence-electron chi connectivity index (χ4n) is 7.35. The van der Waals surface area contributed by atoms with E-state index in [1.54, 1.807) is 30.3 Å². The van der Waals surface area contributed by atoms with E-state index in [4.69, 9.17) is 14.6 Å². The van der Waals surface area contributed by atoms with Gasteiger partial charge in [0.25, 0.3) is 0 Å². The highest BCUT2D eigenvalue weighted by Crippen LogP contribution is 2.47. The van der Waals surface area contributed by atoms with Gasteiger partial charge >= 0.3 is 5.97 Å². The van der Waals surface area contributed by atoms with Crippen molar-refractivity contribution in [1.29, 1.82) is 0 Å². The first-order valence-electron chi connectivity index (χ1n) is 20.5. The summed E-state index contributed by atoms with van der Waals surface area (Å²) in [4.78, 5) is 12.5. The number of halogens is 1. The van der Waals surface area contributed by atoms with E-state index in [1.807, 2.05) is 43.3 Å². The molecule has 0 aromatic heterocycles. The molecule has 1 fully saturated rings. The average Bonchev–Trinajstić information content (AvgIpc) is 3.14. The first-order chi connectivity index (χ1) is 26.3. The Morgan fingerprint density at radius 2 is 1.39 bits per heavy atom. The summed E-state index contributed by atoms with van der Waals surface area (Å²) in [5.41, 5.74) is 4.56. The van der Waals surface area contributed by atoms with Crippen molar-refractivity contribution >= 4 is 17.1 Å². The highest BCUT2D eigenvalue weighted by Gasteiger charge is 2.30. The van der Waals surface area contributed by atoms with Gasteiger partial charge in [0.05, 0.1) is 6.67 Å². The number of carboxylic acids is 1. The number of phenols is 2. The minimum absolute atomic E-state index is 0.176. The Balaban J connectivity index is 0.000000280. The van der Waals surface area contributed by atoms with E-state index >= 15 is 0 Å². The number of aromatic hydroxyl groups is 2. The molecule has 0 unspecified atom stereocenters. The smallest absolute Gasteiger partial charge is 0.303 e. The Kier molecular flexibility index (Phi) is 18.7. The van der Waals surface area contributed by atoms with Crippen LogP contribution in [0.3, 0.4) is 0 Å². The van der Waals surface area contributed by atoms with Crippen LogP contribution in [0.1, 0.15) is 139 Å². The maximum Gasteiger partial charge on any atom is 0.303 e. The van der Waals surface area contributed by atoms with Crippen LogP contribution >= 0.6 is 0 Å². The molecule has 54 heavy (non-hydrogen) atoms. The van der Waals surface area contributed by atoms with Crippen LogP contribution in [-0.4, -0.2) is 59.1 Å². The number of nitrogens with zero attached hydrogens (tertiary/aromatic N) is 1. The summed E-state index contributed by atoms with van der Waals surface area (Å²) in [7, 11) is 0. The third-order valence-corrected chi connectivity index (χ3v) is 10.5. The fraction of sp³-hybridized carbons (Fsp3) is 0.543. The molecule has 5 rings (SSSR count). The van der Waals surface area contributed by atoms with Gasteiger partial charge in [-0.3, -0.25) is 14.1 Å². The number of likely N-dealkylation sites (tertiary alicyclic amines) is 1. The molecule has 3 aromatic rings. The highest BCUT2D eigenvalue weighted by molar-refractivity contribution is 5.95. The molecule has 0 amide bonds. The Bertz CT molecular complexity index is 1570. The van der Waals surface area contributed by atoms with E-state index in [1.165, 1.54) is 83.5 Å². The summed E-state index contributed by atoms with van der Waals surface area (Å²) in [5, 5.41) is 28.6. The van der Waals surface area contributed by atoms with E-state index in [2.05, 4.69) is 11.8 Å². The van der Waals surface area contributed by atoms with E-state index in [0.29, 0.717) is 18.8 Å². The average molecular weight is 746 g/mol. The first-order valence-corrected chi connectivity index (χ1v) is 20.5. The number of phenolic OH excluding ortho intramolecular Hbond substituents is 2. The molecule has 296 valence electrons. The number of unbranched alkanes of at least 4 members (excludes halogenated alkanes) is 14. The topological polar surface area (TPSA) is 99.5 Å². The van der Waals surface area contributed by atoms with Crippen molar-refractivity contribution in [2.45, 2.75) is 123 Å². The second-order valence-electron chi connectivity index (χ2n) is 15.1. The largest absolute Gasteiger partial charge is 0.508 e. The van der Waals surface area contributed by atoms with Gasteiger partial charge in [0.1, 0.15) is 35.7 Å². The number of rotatable bonds is 23. The molecule has 1 atom stereocenters. The number of allylic oxidation sites excluding steroid dienone is 1. The summed E-state index contributed by atoms with van der Waals surface area (Å²) < 4.78 is 24.9. The number of carbonyl (C=O) groups is 1. The third kappa shape index (κ3) is 14.3. The van der Waals surface area contributed by atoms with E-state index in [9.17, 15) is 19.4 Å². The molecule has 0 saturated carbocycles. The van der Waals surface area contributed by atoms with Gasteiger partial charge in [0, 0.05) is 43.1 Å². The maximum atomic E-state index is 12.6. The van der Waals surface area contributed by atoms with Crippen molar-refractivity contribution in [1.82, 2.24) is 4.90 Å². The fourth-order valence-corrected chi connectivity index (χ4v) is 7.35. The van der Waals surface area contributed by atoms with Crippen LogP contribution in [0.15, 0.2) is 66.7 Å². The molecule has 7 nitrogen and oxygen atoms in total. The number of hydrogen-bond donors (Lipinski definition) is 3. The Morgan fingerprint density at radius 1 is 0.796 bits per heavy atom. The predicted octanol–water partition coefficient (Wildman–Crippen LogP) is 11.8. The van der Waals surface area contributed by atoms with Crippen molar-refractivity contribution in [3.05, 3.63) is 83.4 Å². The van der Waals surface area contributed by atoms with Crippen LogP contribution in [0, 0.1) is 5.92 Å². The van der Waals surface area contributed by atoms with Gasteiger partial charge in [-0.15, -0.1) is 0 Å². The summed E-state index contributed by atoms with van der Waals surface area (Å²) in [5.74, 6) is 1.36. The number of hydrogen-bond acceptors (Lipinski definition) is 6. The normalized spacial score (nSPS) is 15.5. The molecule has 0 radical (unpaired) electrons. The van der Waals surface area contributed by atoms with Crippen LogP contribution in [0.2, 0.25) is 0 Å². The molecule has 8 heteroatoms. The van der Waals surface area contributed by atoms with Crippen molar-refractivity contribution in [2.75, 3.05) is 32.9 Å². The summed E-state index contributed by atoms with van der Waals surface area (Å²) in [6, 6.07) is 20.1. The third-order valence-electron chi connectivity index (χ3n) is 10.5. The Labute approximate surface area is 323 Å². The lowest BCUT2D eigenvalue weighted by atomic mass is 9.86. The van der Waals surface area contributed by atoms with E-state index in [-0.39, 0.29) is 30.2 Å². The van der Waals surface area contributed by atoms with Gasteiger partial charge in [-0.2, -0.15) is 0 Å². The molecular weight excluding hydrogens is 682 g/mol. The van der Waals surface area contributed by atoms with E-state index in [0.717, 1.165) is 66.1 Å². The molecule has 0 bridgehead atoms. The maximum absolute atomic E-state index is 12.6. The SMILES string of the molecule is CC1=C(c2cccc(O)c2)[C@H](c2ccc(OCCN3CC(CF)C3)cc2)Oc2ccc(O)cc21.CCCCCCCCCCCCCCCCCC(=O)O. The molecule has 3 aromatic carbocycles. The van der Waals surface area contributed by atoms with Gasteiger partial charge in [-0.05, 0) is 72.5 Å². The summed E-state index contributed by atoms with van der Waals surface area (Å²) in [6.45, 7) is 6.99. The lowest BCUT2D eigenvalue weighted by Crippen LogP contribution is -2.49. The molecule has 2 heterocycles. The molecular formula is C46H64FNO6. The van der Waals surface area contributed by atoms with Crippen LogP contribution in [0.4, 0.5) is 4.39 Å². The predicted molar refractivity (Wildman–Crippen MR) is 217 cm³/mol. The molecule has 0 spiro atoms. The lowest BCUT2D eigenvalue weighted by Gasteiger charge is -2.37. The number of ether oxygens (including phenoxy) is 2. The molecule has 2 aliphatic rings.